The highest BCUT2D eigenvalue weighted by Crippen LogP contribution is 2.31. The van der Waals surface area contributed by atoms with E-state index in [2.05, 4.69) is 16.9 Å². The maximum atomic E-state index is 6.05. The molecule has 1 aromatic heterocycles. The van der Waals surface area contributed by atoms with Gasteiger partial charge in [-0.15, -0.1) is 0 Å². The van der Waals surface area contributed by atoms with Crippen molar-refractivity contribution in [3.05, 3.63) is 22.7 Å². The third kappa shape index (κ3) is 2.94. The van der Waals surface area contributed by atoms with Crippen LogP contribution in [0.5, 0.6) is 0 Å². The van der Waals surface area contributed by atoms with Crippen molar-refractivity contribution in [1.82, 2.24) is 9.97 Å². The van der Waals surface area contributed by atoms with Crippen LogP contribution in [0.4, 0.5) is 0 Å². The lowest BCUT2D eigenvalue weighted by Gasteiger charge is -2.20. The van der Waals surface area contributed by atoms with Gasteiger partial charge >= 0.3 is 0 Å². The van der Waals surface area contributed by atoms with Crippen LogP contribution in [-0.4, -0.2) is 9.97 Å². The van der Waals surface area contributed by atoms with Crippen LogP contribution in [0.25, 0.3) is 0 Å². The SMILES string of the molecule is CCCc1cc(Cl)nc(C2CCCCC2)n1. The Labute approximate surface area is 102 Å². The van der Waals surface area contributed by atoms with E-state index >= 15 is 0 Å². The number of nitrogens with zero attached hydrogens (tertiary/aromatic N) is 2. The average molecular weight is 239 g/mol. The third-order valence-corrected chi connectivity index (χ3v) is 3.44. The Hall–Kier alpha value is -0.630. The smallest absolute Gasteiger partial charge is 0.133 e. The molecule has 1 aliphatic rings. The van der Waals surface area contributed by atoms with E-state index in [0.29, 0.717) is 11.1 Å². The van der Waals surface area contributed by atoms with E-state index in [1.54, 1.807) is 0 Å². The van der Waals surface area contributed by atoms with Gasteiger partial charge in [-0.1, -0.05) is 44.2 Å². The molecule has 3 heteroatoms. The van der Waals surface area contributed by atoms with Crippen molar-refractivity contribution in [2.75, 3.05) is 0 Å². The van der Waals surface area contributed by atoms with Crippen LogP contribution < -0.4 is 0 Å². The summed E-state index contributed by atoms with van der Waals surface area (Å²) in [6.07, 6.45) is 8.55. The minimum atomic E-state index is 0.544. The molecule has 0 radical (unpaired) electrons. The fraction of sp³-hybridized carbons (Fsp3) is 0.692. The van der Waals surface area contributed by atoms with E-state index in [9.17, 15) is 0 Å². The molecule has 16 heavy (non-hydrogen) atoms. The predicted octanol–water partition coefficient (Wildman–Crippen LogP) is 4.13. The molecule has 1 fully saturated rings. The molecule has 1 heterocycles. The zero-order valence-corrected chi connectivity index (χ0v) is 10.6. The first-order valence-corrected chi connectivity index (χ1v) is 6.70. The number of halogens is 1. The van der Waals surface area contributed by atoms with Gasteiger partial charge in [-0.05, 0) is 25.3 Å². The molecule has 0 atom stereocenters. The van der Waals surface area contributed by atoms with Crippen molar-refractivity contribution in [3.63, 3.8) is 0 Å². The zero-order chi connectivity index (χ0) is 11.4. The normalized spacial score (nSPS) is 17.6. The highest BCUT2D eigenvalue weighted by molar-refractivity contribution is 6.29. The van der Waals surface area contributed by atoms with Gasteiger partial charge in [0.25, 0.3) is 0 Å². The van der Waals surface area contributed by atoms with Crippen LogP contribution in [0.3, 0.4) is 0 Å². The molecular formula is C13H19ClN2. The number of hydrogen-bond donors (Lipinski definition) is 0. The van der Waals surface area contributed by atoms with Gasteiger partial charge in [0, 0.05) is 11.6 Å². The number of rotatable bonds is 3. The van der Waals surface area contributed by atoms with Gasteiger partial charge in [-0.2, -0.15) is 0 Å². The van der Waals surface area contributed by atoms with Crippen molar-refractivity contribution in [2.45, 2.75) is 57.8 Å². The second kappa shape index (κ2) is 5.62. The van der Waals surface area contributed by atoms with Crippen molar-refractivity contribution >= 4 is 11.6 Å². The van der Waals surface area contributed by atoms with Crippen LogP contribution in [0.15, 0.2) is 6.07 Å². The van der Waals surface area contributed by atoms with Crippen molar-refractivity contribution < 1.29 is 0 Å². The topological polar surface area (TPSA) is 25.8 Å². The molecule has 0 N–H and O–H groups in total. The van der Waals surface area contributed by atoms with Gasteiger partial charge in [0.05, 0.1) is 0 Å². The highest BCUT2D eigenvalue weighted by atomic mass is 35.5. The Morgan fingerprint density at radius 3 is 2.69 bits per heavy atom. The predicted molar refractivity (Wildman–Crippen MR) is 66.9 cm³/mol. The number of aryl methyl sites for hydroxylation is 1. The third-order valence-electron chi connectivity index (χ3n) is 3.24. The second-order valence-corrected chi connectivity index (χ2v) is 5.01. The lowest BCUT2D eigenvalue weighted by molar-refractivity contribution is 0.427. The van der Waals surface area contributed by atoms with Gasteiger partial charge < -0.3 is 0 Å². The van der Waals surface area contributed by atoms with E-state index in [1.165, 1.54) is 32.1 Å². The lowest BCUT2D eigenvalue weighted by atomic mass is 9.88. The van der Waals surface area contributed by atoms with Crippen LogP contribution >= 0.6 is 11.6 Å². The first-order valence-electron chi connectivity index (χ1n) is 6.33. The molecule has 2 rings (SSSR count). The minimum absolute atomic E-state index is 0.544. The van der Waals surface area contributed by atoms with Crippen molar-refractivity contribution in [3.8, 4) is 0 Å². The Balaban J connectivity index is 2.18. The molecule has 0 amide bonds. The van der Waals surface area contributed by atoms with Gasteiger partial charge in [0.2, 0.25) is 0 Å². The van der Waals surface area contributed by atoms with E-state index < -0.39 is 0 Å². The quantitative estimate of drug-likeness (QED) is 0.740. The summed E-state index contributed by atoms with van der Waals surface area (Å²) in [5.74, 6) is 1.53. The van der Waals surface area contributed by atoms with Gasteiger partial charge in [0.1, 0.15) is 11.0 Å². The largest absolute Gasteiger partial charge is 0.238 e. The molecule has 1 aromatic rings. The lowest BCUT2D eigenvalue weighted by Crippen LogP contribution is -2.10. The second-order valence-electron chi connectivity index (χ2n) is 4.63. The molecule has 1 aliphatic carbocycles. The first-order chi connectivity index (χ1) is 7.79. The first kappa shape index (κ1) is 11.8. The summed E-state index contributed by atoms with van der Waals surface area (Å²) in [5.41, 5.74) is 1.10. The Bertz CT molecular complexity index is 346. The van der Waals surface area contributed by atoms with Crippen LogP contribution in [0, 0.1) is 0 Å². The summed E-state index contributed by atoms with van der Waals surface area (Å²) >= 11 is 6.05. The summed E-state index contributed by atoms with van der Waals surface area (Å²) in [6.45, 7) is 2.16. The van der Waals surface area contributed by atoms with Crippen LogP contribution in [0.2, 0.25) is 5.15 Å². The monoisotopic (exact) mass is 238 g/mol. The summed E-state index contributed by atoms with van der Waals surface area (Å²) < 4.78 is 0. The van der Waals surface area contributed by atoms with Gasteiger partial charge in [-0.25, -0.2) is 9.97 Å². The molecule has 0 bridgehead atoms. The summed E-state index contributed by atoms with van der Waals surface area (Å²) in [7, 11) is 0. The van der Waals surface area contributed by atoms with Crippen LogP contribution in [0.1, 0.15) is 62.9 Å². The summed E-state index contributed by atoms with van der Waals surface area (Å²) in [5, 5.41) is 0.610. The van der Waals surface area contributed by atoms with Gasteiger partial charge in [0.15, 0.2) is 0 Å². The number of hydrogen-bond acceptors (Lipinski definition) is 2. The number of aromatic nitrogens is 2. The molecule has 0 spiro atoms. The molecule has 0 aliphatic heterocycles. The minimum Gasteiger partial charge on any atom is -0.238 e. The highest BCUT2D eigenvalue weighted by Gasteiger charge is 2.18. The molecule has 0 unspecified atom stereocenters. The van der Waals surface area contributed by atoms with Crippen molar-refractivity contribution in [1.29, 1.82) is 0 Å². The van der Waals surface area contributed by atoms with Gasteiger partial charge in [-0.3, -0.25) is 0 Å². The summed E-state index contributed by atoms with van der Waals surface area (Å²) in [6, 6.07) is 1.90. The molecule has 1 saturated carbocycles. The van der Waals surface area contributed by atoms with E-state index in [1.807, 2.05) is 6.07 Å². The summed E-state index contributed by atoms with van der Waals surface area (Å²) in [4.78, 5) is 9.05. The van der Waals surface area contributed by atoms with Crippen LogP contribution in [-0.2, 0) is 6.42 Å². The molecule has 0 saturated heterocycles. The van der Waals surface area contributed by atoms with E-state index in [4.69, 9.17) is 11.6 Å². The molecular weight excluding hydrogens is 220 g/mol. The Kier molecular flexibility index (Phi) is 4.16. The fourth-order valence-electron chi connectivity index (χ4n) is 2.41. The fourth-order valence-corrected chi connectivity index (χ4v) is 2.62. The average Bonchev–Trinajstić information content (AvgIpc) is 2.30. The van der Waals surface area contributed by atoms with E-state index in [0.717, 1.165) is 24.4 Å². The van der Waals surface area contributed by atoms with E-state index in [-0.39, 0.29) is 0 Å². The maximum Gasteiger partial charge on any atom is 0.133 e. The standard InChI is InChI=1S/C13H19ClN2/c1-2-6-11-9-12(14)16-13(15-11)10-7-4-3-5-8-10/h9-10H,2-8H2,1H3. The molecule has 0 aromatic carbocycles. The maximum absolute atomic E-state index is 6.05. The Morgan fingerprint density at radius 1 is 1.25 bits per heavy atom. The zero-order valence-electron chi connectivity index (χ0n) is 9.88. The van der Waals surface area contributed by atoms with Crippen molar-refractivity contribution in [2.24, 2.45) is 0 Å². The Morgan fingerprint density at radius 2 is 2.00 bits per heavy atom. The molecule has 2 nitrogen and oxygen atoms in total. The molecule has 88 valence electrons.